The summed E-state index contributed by atoms with van der Waals surface area (Å²) in [6, 6.07) is 0. The molecule has 1 aliphatic heterocycles. The molecule has 0 unspecified atom stereocenters. The molecule has 86 valence electrons. The minimum Gasteiger partial charge on any atom is -0.476 e. The predicted molar refractivity (Wildman–Crippen MR) is 52.0 cm³/mol. The molecule has 1 fully saturated rings. The third-order valence-electron chi connectivity index (χ3n) is 2.28. The number of morpholine rings is 1. The van der Waals surface area contributed by atoms with Gasteiger partial charge in [-0.25, -0.2) is 19.2 Å². The number of carbonyl (C=O) groups is 1. The maximum absolute atomic E-state index is 13.7. The van der Waals surface area contributed by atoms with Crippen molar-refractivity contribution in [3.05, 3.63) is 17.8 Å². The molecule has 0 bridgehead atoms. The van der Waals surface area contributed by atoms with E-state index in [9.17, 15) is 9.18 Å². The number of carboxylic acids is 1. The fourth-order valence-corrected chi connectivity index (χ4v) is 1.51. The molecule has 6 nitrogen and oxygen atoms in total. The van der Waals surface area contributed by atoms with Gasteiger partial charge in [-0.15, -0.1) is 0 Å². The van der Waals surface area contributed by atoms with Crippen LogP contribution in [-0.2, 0) is 4.74 Å². The Hall–Kier alpha value is -1.76. The molecule has 2 rings (SSSR count). The van der Waals surface area contributed by atoms with E-state index in [0.29, 0.717) is 26.3 Å². The minimum absolute atomic E-state index is 0.0238. The molecule has 16 heavy (non-hydrogen) atoms. The minimum atomic E-state index is -1.39. The van der Waals surface area contributed by atoms with Crippen LogP contribution >= 0.6 is 0 Å². The largest absolute Gasteiger partial charge is 0.476 e. The van der Waals surface area contributed by atoms with Crippen LogP contribution in [0.4, 0.5) is 10.2 Å². The molecule has 0 aromatic carbocycles. The Morgan fingerprint density at radius 2 is 2.12 bits per heavy atom. The standard InChI is InChI=1S/C9H10FN3O3/c10-6-7(9(14)15)11-5-12-8(6)13-1-3-16-4-2-13/h5H,1-4H2,(H,14,15). The lowest BCUT2D eigenvalue weighted by Gasteiger charge is -2.27. The van der Waals surface area contributed by atoms with Gasteiger partial charge in [0.15, 0.2) is 17.3 Å². The van der Waals surface area contributed by atoms with E-state index in [1.165, 1.54) is 0 Å². The van der Waals surface area contributed by atoms with Crippen LogP contribution in [0.2, 0.25) is 0 Å². The first-order valence-corrected chi connectivity index (χ1v) is 4.76. The lowest BCUT2D eigenvalue weighted by Crippen LogP contribution is -2.37. The number of halogens is 1. The normalized spacial score (nSPS) is 16.2. The number of rotatable bonds is 2. The van der Waals surface area contributed by atoms with Gasteiger partial charge in [-0.3, -0.25) is 0 Å². The van der Waals surface area contributed by atoms with Gasteiger partial charge in [-0.1, -0.05) is 0 Å². The zero-order valence-electron chi connectivity index (χ0n) is 8.39. The number of ether oxygens (including phenoxy) is 1. The smallest absolute Gasteiger partial charge is 0.357 e. The van der Waals surface area contributed by atoms with E-state index in [1.807, 2.05) is 0 Å². The van der Waals surface area contributed by atoms with Gasteiger partial charge in [0.05, 0.1) is 13.2 Å². The van der Waals surface area contributed by atoms with Crippen molar-refractivity contribution in [1.29, 1.82) is 0 Å². The maximum Gasteiger partial charge on any atom is 0.357 e. The molecule has 0 amide bonds. The molecule has 1 aromatic heterocycles. The molecule has 0 spiro atoms. The van der Waals surface area contributed by atoms with Crippen molar-refractivity contribution in [3.8, 4) is 0 Å². The molecule has 1 N–H and O–H groups in total. The van der Waals surface area contributed by atoms with Crippen LogP contribution in [0.1, 0.15) is 10.5 Å². The molecule has 0 saturated carbocycles. The van der Waals surface area contributed by atoms with Crippen molar-refractivity contribution < 1.29 is 19.0 Å². The molecule has 2 heterocycles. The quantitative estimate of drug-likeness (QED) is 0.775. The topological polar surface area (TPSA) is 75.5 Å². The van der Waals surface area contributed by atoms with Gasteiger partial charge in [0.2, 0.25) is 0 Å². The molecule has 0 aliphatic carbocycles. The van der Waals surface area contributed by atoms with Crippen molar-refractivity contribution >= 4 is 11.8 Å². The molecular weight excluding hydrogens is 217 g/mol. The summed E-state index contributed by atoms with van der Waals surface area (Å²) in [5.74, 6) is -2.26. The highest BCUT2D eigenvalue weighted by molar-refractivity contribution is 5.86. The number of carboxylic acid groups (broad SMARTS) is 1. The number of anilines is 1. The van der Waals surface area contributed by atoms with Crippen molar-refractivity contribution in [2.45, 2.75) is 0 Å². The summed E-state index contributed by atoms with van der Waals surface area (Å²) in [6.45, 7) is 1.94. The van der Waals surface area contributed by atoms with Gasteiger partial charge >= 0.3 is 5.97 Å². The van der Waals surface area contributed by atoms with E-state index in [4.69, 9.17) is 9.84 Å². The van der Waals surface area contributed by atoms with Gasteiger partial charge < -0.3 is 14.7 Å². The Morgan fingerprint density at radius 1 is 1.44 bits per heavy atom. The first-order valence-electron chi connectivity index (χ1n) is 4.76. The van der Waals surface area contributed by atoms with E-state index in [0.717, 1.165) is 6.33 Å². The molecule has 0 radical (unpaired) electrons. The lowest BCUT2D eigenvalue weighted by molar-refractivity contribution is 0.0684. The molecular formula is C9H10FN3O3. The second-order valence-corrected chi connectivity index (χ2v) is 3.26. The Balaban J connectivity index is 2.33. The number of aromatic nitrogens is 2. The maximum atomic E-state index is 13.7. The third kappa shape index (κ3) is 1.94. The summed E-state index contributed by atoms with van der Waals surface area (Å²) in [4.78, 5) is 19.5. The molecule has 7 heteroatoms. The average molecular weight is 227 g/mol. The van der Waals surface area contributed by atoms with Gasteiger partial charge in [-0.05, 0) is 0 Å². The predicted octanol–water partition coefficient (Wildman–Crippen LogP) is 0.150. The van der Waals surface area contributed by atoms with Gasteiger partial charge in [0.1, 0.15) is 6.33 Å². The van der Waals surface area contributed by atoms with E-state index in [2.05, 4.69) is 9.97 Å². The first kappa shape index (κ1) is 10.7. The fourth-order valence-electron chi connectivity index (χ4n) is 1.51. The van der Waals surface area contributed by atoms with Crippen LogP contribution in [-0.4, -0.2) is 47.3 Å². The molecule has 1 aliphatic rings. The van der Waals surface area contributed by atoms with Gasteiger partial charge in [-0.2, -0.15) is 0 Å². The van der Waals surface area contributed by atoms with E-state index in [-0.39, 0.29) is 5.82 Å². The lowest BCUT2D eigenvalue weighted by atomic mass is 10.3. The van der Waals surface area contributed by atoms with Crippen molar-refractivity contribution in [1.82, 2.24) is 9.97 Å². The molecule has 1 aromatic rings. The van der Waals surface area contributed by atoms with Gasteiger partial charge in [0.25, 0.3) is 0 Å². The Morgan fingerprint density at radius 3 is 2.75 bits per heavy atom. The summed E-state index contributed by atoms with van der Waals surface area (Å²) in [6.07, 6.45) is 1.05. The van der Waals surface area contributed by atoms with Crippen LogP contribution in [0.5, 0.6) is 0 Å². The van der Waals surface area contributed by atoms with E-state index in [1.54, 1.807) is 4.90 Å². The Labute approximate surface area is 90.7 Å². The number of hydrogen-bond acceptors (Lipinski definition) is 5. The molecule has 0 atom stereocenters. The molecule has 1 saturated heterocycles. The summed E-state index contributed by atoms with van der Waals surface area (Å²) < 4.78 is 18.8. The zero-order chi connectivity index (χ0) is 11.5. The van der Waals surface area contributed by atoms with Gasteiger partial charge in [0, 0.05) is 13.1 Å². The zero-order valence-corrected chi connectivity index (χ0v) is 8.39. The Kier molecular flexibility index (Phi) is 2.95. The summed E-state index contributed by atoms with van der Waals surface area (Å²) in [5.41, 5.74) is -0.600. The monoisotopic (exact) mass is 227 g/mol. The van der Waals surface area contributed by atoms with Crippen LogP contribution in [0.3, 0.4) is 0 Å². The second-order valence-electron chi connectivity index (χ2n) is 3.26. The van der Waals surface area contributed by atoms with Crippen LogP contribution < -0.4 is 4.90 Å². The van der Waals surface area contributed by atoms with Crippen molar-refractivity contribution in [2.24, 2.45) is 0 Å². The second kappa shape index (κ2) is 4.40. The third-order valence-corrected chi connectivity index (χ3v) is 2.28. The van der Waals surface area contributed by atoms with Crippen LogP contribution in [0.15, 0.2) is 6.33 Å². The van der Waals surface area contributed by atoms with E-state index < -0.39 is 17.5 Å². The van der Waals surface area contributed by atoms with Crippen molar-refractivity contribution in [2.75, 3.05) is 31.2 Å². The summed E-state index contributed by atoms with van der Waals surface area (Å²) in [7, 11) is 0. The highest BCUT2D eigenvalue weighted by atomic mass is 19.1. The number of nitrogens with zero attached hydrogens (tertiary/aromatic N) is 3. The number of hydrogen-bond donors (Lipinski definition) is 1. The van der Waals surface area contributed by atoms with Crippen LogP contribution in [0, 0.1) is 5.82 Å². The fraction of sp³-hybridized carbons (Fsp3) is 0.444. The van der Waals surface area contributed by atoms with Crippen molar-refractivity contribution in [3.63, 3.8) is 0 Å². The SMILES string of the molecule is O=C(O)c1ncnc(N2CCOCC2)c1F. The summed E-state index contributed by atoms with van der Waals surface area (Å²) >= 11 is 0. The first-order chi connectivity index (χ1) is 7.70. The number of aromatic carboxylic acids is 1. The average Bonchev–Trinajstić information content (AvgIpc) is 2.30. The Bertz CT molecular complexity index is 407. The highest BCUT2D eigenvalue weighted by Gasteiger charge is 2.22. The van der Waals surface area contributed by atoms with E-state index >= 15 is 0 Å². The van der Waals surface area contributed by atoms with Crippen LogP contribution in [0.25, 0.3) is 0 Å². The summed E-state index contributed by atoms with van der Waals surface area (Å²) in [5, 5.41) is 8.71. The highest BCUT2D eigenvalue weighted by Crippen LogP contribution is 2.18.